The average molecular weight is 283 g/mol. The van der Waals surface area contributed by atoms with Gasteiger partial charge in [0, 0.05) is 18.5 Å². The van der Waals surface area contributed by atoms with Crippen LogP contribution in [0.4, 0.5) is 0 Å². The zero-order valence-corrected chi connectivity index (χ0v) is 12.2. The summed E-state index contributed by atoms with van der Waals surface area (Å²) >= 11 is 5.91. The number of hydrogen-bond donors (Lipinski definition) is 2. The van der Waals surface area contributed by atoms with Crippen LogP contribution in [0, 0.1) is 5.41 Å². The van der Waals surface area contributed by atoms with E-state index in [-0.39, 0.29) is 11.8 Å². The van der Waals surface area contributed by atoms with E-state index in [9.17, 15) is 9.59 Å². The van der Waals surface area contributed by atoms with E-state index < -0.39 is 5.41 Å². The van der Waals surface area contributed by atoms with E-state index in [2.05, 4.69) is 10.6 Å². The molecular weight excluding hydrogens is 264 g/mol. The van der Waals surface area contributed by atoms with Gasteiger partial charge in [0.15, 0.2) is 0 Å². The predicted octanol–water partition coefficient (Wildman–Crippen LogP) is 2.23. The number of carbonyl (C=O) groups excluding carboxylic acids is 2. The standard InChI is InChI=1S/C14H19ClN2O2/c1-14(2,3)13(19)17-9-8-16-12(18)10-6-4-5-7-11(10)15/h4-7H,8-9H2,1-3H3,(H,16,18)(H,17,19). The molecule has 0 unspecified atom stereocenters. The van der Waals surface area contributed by atoms with Gasteiger partial charge in [-0.2, -0.15) is 0 Å². The Balaban J connectivity index is 2.37. The topological polar surface area (TPSA) is 58.2 Å². The first-order chi connectivity index (χ1) is 8.82. The lowest BCUT2D eigenvalue weighted by Crippen LogP contribution is -2.39. The molecule has 0 aliphatic carbocycles. The highest BCUT2D eigenvalue weighted by Gasteiger charge is 2.20. The third-order valence-electron chi connectivity index (χ3n) is 2.50. The van der Waals surface area contributed by atoms with Gasteiger partial charge in [0.2, 0.25) is 5.91 Å². The second-order valence-corrected chi connectivity index (χ2v) is 5.65. The molecule has 1 aromatic carbocycles. The molecule has 0 aliphatic heterocycles. The molecule has 0 radical (unpaired) electrons. The average Bonchev–Trinajstić information content (AvgIpc) is 2.33. The van der Waals surface area contributed by atoms with Gasteiger partial charge in [-0.05, 0) is 12.1 Å². The summed E-state index contributed by atoms with van der Waals surface area (Å²) in [4.78, 5) is 23.4. The Labute approximate surface area is 118 Å². The summed E-state index contributed by atoms with van der Waals surface area (Å²) in [6.45, 7) is 6.28. The predicted molar refractivity (Wildman–Crippen MR) is 76.2 cm³/mol. The molecule has 0 aliphatic rings. The van der Waals surface area contributed by atoms with Gasteiger partial charge in [0.05, 0.1) is 10.6 Å². The van der Waals surface area contributed by atoms with Crippen molar-refractivity contribution in [2.45, 2.75) is 20.8 Å². The molecule has 2 amide bonds. The maximum Gasteiger partial charge on any atom is 0.252 e. The fourth-order valence-corrected chi connectivity index (χ4v) is 1.58. The van der Waals surface area contributed by atoms with Crippen LogP contribution in [0.15, 0.2) is 24.3 Å². The van der Waals surface area contributed by atoms with Gasteiger partial charge in [-0.25, -0.2) is 0 Å². The molecule has 0 heterocycles. The van der Waals surface area contributed by atoms with Crippen LogP contribution in [-0.4, -0.2) is 24.9 Å². The van der Waals surface area contributed by atoms with Crippen molar-refractivity contribution in [3.8, 4) is 0 Å². The Bertz CT molecular complexity index is 467. The normalized spacial score (nSPS) is 10.9. The number of amides is 2. The summed E-state index contributed by atoms with van der Waals surface area (Å²) in [5, 5.41) is 5.88. The lowest BCUT2D eigenvalue weighted by atomic mass is 9.96. The number of benzene rings is 1. The molecule has 4 nitrogen and oxygen atoms in total. The molecule has 0 fully saturated rings. The van der Waals surface area contributed by atoms with E-state index in [4.69, 9.17) is 11.6 Å². The first-order valence-corrected chi connectivity index (χ1v) is 6.51. The smallest absolute Gasteiger partial charge is 0.252 e. The van der Waals surface area contributed by atoms with Gasteiger partial charge < -0.3 is 10.6 Å². The highest BCUT2D eigenvalue weighted by Crippen LogP contribution is 2.14. The second-order valence-electron chi connectivity index (χ2n) is 5.24. The molecule has 0 aromatic heterocycles. The van der Waals surface area contributed by atoms with E-state index in [0.29, 0.717) is 23.7 Å². The number of halogens is 1. The molecule has 0 saturated heterocycles. The number of nitrogens with one attached hydrogen (secondary N) is 2. The zero-order valence-electron chi connectivity index (χ0n) is 11.4. The van der Waals surface area contributed by atoms with Crippen molar-refractivity contribution in [3.63, 3.8) is 0 Å². The van der Waals surface area contributed by atoms with Gasteiger partial charge >= 0.3 is 0 Å². The Hall–Kier alpha value is -1.55. The van der Waals surface area contributed by atoms with Crippen LogP contribution in [0.3, 0.4) is 0 Å². The third kappa shape index (κ3) is 4.91. The molecule has 0 bridgehead atoms. The van der Waals surface area contributed by atoms with Crippen LogP contribution >= 0.6 is 11.6 Å². The third-order valence-corrected chi connectivity index (χ3v) is 2.83. The Morgan fingerprint density at radius 2 is 1.68 bits per heavy atom. The largest absolute Gasteiger partial charge is 0.354 e. The summed E-state index contributed by atoms with van der Waals surface area (Å²) in [6, 6.07) is 6.84. The van der Waals surface area contributed by atoms with Gasteiger partial charge in [0.25, 0.3) is 5.91 Å². The summed E-state index contributed by atoms with van der Waals surface area (Å²) in [6.07, 6.45) is 0. The lowest BCUT2D eigenvalue weighted by Gasteiger charge is -2.17. The summed E-state index contributed by atoms with van der Waals surface area (Å²) < 4.78 is 0. The van der Waals surface area contributed by atoms with Crippen LogP contribution in [0.5, 0.6) is 0 Å². The Kier molecular flexibility index (Phi) is 5.36. The molecule has 5 heteroatoms. The number of carbonyl (C=O) groups is 2. The van der Waals surface area contributed by atoms with Crippen molar-refractivity contribution in [1.82, 2.24) is 10.6 Å². The van der Waals surface area contributed by atoms with Gasteiger partial charge in [0.1, 0.15) is 0 Å². The van der Waals surface area contributed by atoms with Gasteiger partial charge in [-0.1, -0.05) is 44.5 Å². The van der Waals surface area contributed by atoms with E-state index in [1.807, 2.05) is 20.8 Å². The van der Waals surface area contributed by atoms with Crippen LogP contribution in [0.2, 0.25) is 5.02 Å². The zero-order chi connectivity index (χ0) is 14.5. The maximum atomic E-state index is 11.8. The summed E-state index contributed by atoms with van der Waals surface area (Å²) in [5.74, 6) is -0.282. The van der Waals surface area contributed by atoms with Gasteiger partial charge in [-0.15, -0.1) is 0 Å². The summed E-state index contributed by atoms with van der Waals surface area (Å²) in [5.41, 5.74) is 0.0125. The van der Waals surface area contributed by atoms with E-state index in [1.54, 1.807) is 24.3 Å². The molecule has 1 aromatic rings. The monoisotopic (exact) mass is 282 g/mol. The van der Waals surface area contributed by atoms with Crippen molar-refractivity contribution in [2.24, 2.45) is 5.41 Å². The second kappa shape index (κ2) is 6.57. The highest BCUT2D eigenvalue weighted by molar-refractivity contribution is 6.33. The number of rotatable bonds is 4. The van der Waals surface area contributed by atoms with Crippen molar-refractivity contribution < 1.29 is 9.59 Å². The van der Waals surface area contributed by atoms with Crippen molar-refractivity contribution in [1.29, 1.82) is 0 Å². The fourth-order valence-electron chi connectivity index (χ4n) is 1.36. The molecule has 19 heavy (non-hydrogen) atoms. The van der Waals surface area contributed by atoms with Crippen LogP contribution in [0.25, 0.3) is 0 Å². The fraction of sp³-hybridized carbons (Fsp3) is 0.429. The Morgan fingerprint density at radius 3 is 2.26 bits per heavy atom. The summed E-state index contributed by atoms with van der Waals surface area (Å²) in [7, 11) is 0. The van der Waals surface area contributed by atoms with E-state index >= 15 is 0 Å². The van der Waals surface area contributed by atoms with Crippen molar-refractivity contribution >= 4 is 23.4 Å². The minimum absolute atomic E-state index is 0.0421. The molecule has 0 atom stereocenters. The van der Waals surface area contributed by atoms with Gasteiger partial charge in [-0.3, -0.25) is 9.59 Å². The van der Waals surface area contributed by atoms with Crippen LogP contribution in [0.1, 0.15) is 31.1 Å². The maximum absolute atomic E-state index is 11.8. The minimum Gasteiger partial charge on any atom is -0.354 e. The molecule has 1 rings (SSSR count). The quantitative estimate of drug-likeness (QED) is 0.832. The van der Waals surface area contributed by atoms with Crippen molar-refractivity contribution in [3.05, 3.63) is 34.9 Å². The van der Waals surface area contributed by atoms with Crippen LogP contribution in [-0.2, 0) is 4.79 Å². The SMILES string of the molecule is CC(C)(C)C(=O)NCCNC(=O)c1ccccc1Cl. The number of hydrogen-bond acceptors (Lipinski definition) is 2. The Morgan fingerprint density at radius 1 is 1.11 bits per heavy atom. The first-order valence-electron chi connectivity index (χ1n) is 6.13. The molecular formula is C14H19ClN2O2. The molecule has 0 saturated carbocycles. The van der Waals surface area contributed by atoms with E-state index in [1.165, 1.54) is 0 Å². The molecule has 2 N–H and O–H groups in total. The first kappa shape index (κ1) is 15.5. The minimum atomic E-state index is -0.424. The van der Waals surface area contributed by atoms with Crippen LogP contribution < -0.4 is 10.6 Å². The highest BCUT2D eigenvalue weighted by atomic mass is 35.5. The molecule has 104 valence electrons. The lowest BCUT2D eigenvalue weighted by molar-refractivity contribution is -0.128. The van der Waals surface area contributed by atoms with E-state index in [0.717, 1.165) is 0 Å². The van der Waals surface area contributed by atoms with Crippen molar-refractivity contribution in [2.75, 3.05) is 13.1 Å². The molecule has 0 spiro atoms.